The second-order valence-corrected chi connectivity index (χ2v) is 12.3. The highest BCUT2D eigenvalue weighted by Gasteiger charge is 2.30. The first kappa shape index (κ1) is 30.7. The number of H-pyrrole nitrogens is 2. The first-order chi connectivity index (χ1) is 25.5. The van der Waals surface area contributed by atoms with Gasteiger partial charge in [-0.15, -0.1) is 0 Å². The van der Waals surface area contributed by atoms with E-state index >= 15 is 0 Å². The lowest BCUT2D eigenvalue weighted by atomic mass is 10.0. The van der Waals surface area contributed by atoms with E-state index in [1.807, 2.05) is 146 Å². The molecule has 8 bridgehead atoms. The van der Waals surface area contributed by atoms with Crippen LogP contribution in [0, 0.1) is 10.1 Å². The van der Waals surface area contributed by atoms with Crippen molar-refractivity contribution in [2.24, 2.45) is 0 Å². The highest BCUT2D eigenvalue weighted by Crippen LogP contribution is 2.41. The second-order valence-electron chi connectivity index (χ2n) is 12.3. The molecule has 0 atom stereocenters. The first-order valence-corrected chi connectivity index (χ1v) is 16.6. The van der Waals surface area contributed by atoms with Crippen molar-refractivity contribution in [3.8, 4) is 50.4 Å². The third-order valence-electron chi connectivity index (χ3n) is 9.18. The third-order valence-corrected chi connectivity index (χ3v) is 9.18. The minimum Gasteiger partial charge on any atom is -0.402 e. The van der Waals surface area contributed by atoms with Gasteiger partial charge in [0, 0.05) is 39.3 Å². The fraction of sp³-hybridized carbons (Fsp3) is 0. The number of rotatable bonds is 5. The Morgan fingerprint density at radius 2 is 0.904 bits per heavy atom. The zero-order valence-electron chi connectivity index (χ0n) is 27.4. The molecule has 248 valence electrons. The van der Waals surface area contributed by atoms with Gasteiger partial charge in [0.2, 0.25) is 5.88 Å². The molecule has 0 fully saturated rings. The Labute approximate surface area is 296 Å². The molecule has 0 aliphatic carbocycles. The zero-order chi connectivity index (χ0) is 35.2. The molecule has 2 aliphatic heterocycles. The Balaban J connectivity index is 1.53. The standard InChI is InChI=1S/C43H27N5O4/c49-43-41-38(28-17-9-3-10-18-28)32-22-21-30(44-32)36(26-13-5-1-6-14-26)34-25-35(48(50)51)40(46-34)37(27-15-7-2-8-16-27)31-23-24-33(45-31)39(42(47-41)52-43)29-19-11-4-12-20-29/h1-25,44-45H. The van der Waals surface area contributed by atoms with Crippen molar-refractivity contribution in [3.05, 3.63) is 173 Å². The number of fused-ring (bicyclic) bond motifs is 8. The summed E-state index contributed by atoms with van der Waals surface area (Å²) in [7, 11) is 0. The number of nitrogens with zero attached hydrogens (tertiary/aromatic N) is 3. The number of ether oxygens (including phenoxy) is 1. The highest BCUT2D eigenvalue weighted by atomic mass is 16.6. The zero-order valence-corrected chi connectivity index (χ0v) is 27.4. The number of hydrogen-bond acceptors (Lipinski definition) is 6. The summed E-state index contributed by atoms with van der Waals surface area (Å²) < 4.78 is 6.03. The average molecular weight is 678 g/mol. The van der Waals surface area contributed by atoms with Crippen molar-refractivity contribution in [2.45, 2.75) is 0 Å². The molecule has 0 amide bonds. The van der Waals surface area contributed by atoms with Gasteiger partial charge in [-0.3, -0.25) is 10.1 Å². The summed E-state index contributed by atoms with van der Waals surface area (Å²) in [5, 5.41) is 12.9. The molecule has 3 aromatic heterocycles. The van der Waals surface area contributed by atoms with Crippen molar-refractivity contribution < 1.29 is 14.5 Å². The summed E-state index contributed by atoms with van der Waals surface area (Å²) >= 11 is 0. The first-order valence-electron chi connectivity index (χ1n) is 16.6. The number of benzene rings is 4. The molecule has 52 heavy (non-hydrogen) atoms. The van der Waals surface area contributed by atoms with Crippen molar-refractivity contribution >= 4 is 39.8 Å². The van der Waals surface area contributed by atoms with E-state index in [0.29, 0.717) is 50.0 Å². The van der Waals surface area contributed by atoms with Crippen LogP contribution in [0.25, 0.3) is 78.3 Å². The lowest BCUT2D eigenvalue weighted by molar-refractivity contribution is -0.374. The fourth-order valence-corrected chi connectivity index (χ4v) is 6.90. The van der Waals surface area contributed by atoms with Crippen LogP contribution in [0.4, 0.5) is 0 Å². The maximum absolute atomic E-state index is 13.9. The molecule has 9 rings (SSSR count). The van der Waals surface area contributed by atoms with E-state index in [1.165, 1.54) is 6.08 Å². The lowest BCUT2D eigenvalue weighted by Gasteiger charge is -2.06. The Morgan fingerprint density at radius 1 is 0.500 bits per heavy atom. The van der Waals surface area contributed by atoms with Gasteiger partial charge in [-0.25, -0.2) is 14.8 Å². The normalized spacial score (nSPS) is 12.3. The molecule has 2 N–H and O–H groups in total. The molecule has 4 aromatic carbocycles. The summed E-state index contributed by atoms with van der Waals surface area (Å²) in [6, 6.07) is 45.6. The Hall–Kier alpha value is -7.39. The number of nitro groups is 1. The van der Waals surface area contributed by atoms with Gasteiger partial charge in [-0.2, -0.15) is 0 Å². The van der Waals surface area contributed by atoms with E-state index in [4.69, 9.17) is 14.7 Å². The molecule has 9 nitrogen and oxygen atoms in total. The Morgan fingerprint density at radius 3 is 1.38 bits per heavy atom. The predicted octanol–water partition coefficient (Wildman–Crippen LogP) is 9.98. The molecule has 0 saturated carbocycles. The SMILES string of the molecule is O=C1Oc2nc1c(-c1ccccc1)c1ccc([nH]1)c(-c1ccccc1)c1nc(c(-c3ccccc3)c3ccc([nH]3)c2-c2ccccc2)C([N+](=O)[O-])=C1. The number of aromatic amines is 2. The van der Waals surface area contributed by atoms with Crippen LogP contribution in [-0.4, -0.2) is 30.8 Å². The van der Waals surface area contributed by atoms with Gasteiger partial charge in [-0.05, 0) is 46.5 Å². The number of hydrogen-bond donors (Lipinski definition) is 2. The van der Waals surface area contributed by atoms with Crippen molar-refractivity contribution in [2.75, 3.05) is 0 Å². The number of carbonyl (C=O) groups is 1. The molecule has 0 spiro atoms. The summed E-state index contributed by atoms with van der Waals surface area (Å²) in [5.41, 5.74) is 8.44. The summed E-state index contributed by atoms with van der Waals surface area (Å²) in [6.07, 6.45) is 1.53. The van der Waals surface area contributed by atoms with Crippen LogP contribution in [0.3, 0.4) is 0 Å². The van der Waals surface area contributed by atoms with Crippen LogP contribution in [-0.2, 0) is 0 Å². The van der Waals surface area contributed by atoms with E-state index in [1.54, 1.807) is 0 Å². The van der Waals surface area contributed by atoms with E-state index in [2.05, 4.69) is 9.97 Å². The quantitative estimate of drug-likeness (QED) is 0.106. The van der Waals surface area contributed by atoms with Crippen molar-refractivity contribution in [1.29, 1.82) is 0 Å². The van der Waals surface area contributed by atoms with E-state index in [9.17, 15) is 14.9 Å². The maximum atomic E-state index is 13.9. The molecule has 5 heterocycles. The maximum Gasteiger partial charge on any atom is 0.364 e. The van der Waals surface area contributed by atoms with E-state index < -0.39 is 5.97 Å². The van der Waals surface area contributed by atoms with Crippen LogP contribution in [0.2, 0.25) is 0 Å². The minimum absolute atomic E-state index is 0.129. The van der Waals surface area contributed by atoms with E-state index in [-0.39, 0.29) is 27.9 Å². The third kappa shape index (κ3) is 5.24. The van der Waals surface area contributed by atoms with Gasteiger partial charge < -0.3 is 14.7 Å². The monoisotopic (exact) mass is 677 g/mol. The largest absolute Gasteiger partial charge is 0.402 e. The fourth-order valence-electron chi connectivity index (χ4n) is 6.90. The number of carbonyl (C=O) groups excluding carboxylic acids is 1. The Kier molecular flexibility index (Phi) is 7.36. The van der Waals surface area contributed by atoms with Gasteiger partial charge in [-0.1, -0.05) is 121 Å². The predicted molar refractivity (Wildman–Crippen MR) is 203 cm³/mol. The topological polar surface area (TPSA) is 127 Å². The molecule has 0 unspecified atom stereocenters. The number of esters is 1. The summed E-state index contributed by atoms with van der Waals surface area (Å²) in [6.45, 7) is 0. The average Bonchev–Trinajstić information content (AvgIpc) is 4.00. The van der Waals surface area contributed by atoms with Gasteiger partial charge in [0.25, 0.3) is 5.70 Å². The Bertz CT molecular complexity index is 2740. The lowest BCUT2D eigenvalue weighted by Crippen LogP contribution is -2.04. The molecule has 2 aliphatic rings. The van der Waals surface area contributed by atoms with Crippen molar-refractivity contribution in [1.82, 2.24) is 19.9 Å². The number of aromatic nitrogens is 4. The van der Waals surface area contributed by atoms with Gasteiger partial charge in [0.15, 0.2) is 11.4 Å². The van der Waals surface area contributed by atoms with Crippen LogP contribution in [0.15, 0.2) is 146 Å². The summed E-state index contributed by atoms with van der Waals surface area (Å²) in [4.78, 5) is 43.4. The molecule has 7 aromatic rings. The van der Waals surface area contributed by atoms with Crippen molar-refractivity contribution in [3.63, 3.8) is 0 Å². The molecule has 0 radical (unpaired) electrons. The van der Waals surface area contributed by atoms with Gasteiger partial charge in [0.1, 0.15) is 0 Å². The van der Waals surface area contributed by atoms with Gasteiger partial charge >= 0.3 is 5.97 Å². The van der Waals surface area contributed by atoms with Crippen LogP contribution < -0.4 is 4.74 Å². The molecular formula is C43H27N5O4. The molecular weight excluding hydrogens is 651 g/mol. The smallest absolute Gasteiger partial charge is 0.364 e. The van der Waals surface area contributed by atoms with Crippen LogP contribution in [0.5, 0.6) is 5.88 Å². The highest BCUT2D eigenvalue weighted by molar-refractivity contribution is 6.05. The molecule has 0 saturated heterocycles. The summed E-state index contributed by atoms with van der Waals surface area (Å²) in [5.74, 6) is -0.458. The minimum atomic E-state index is -0.587. The second kappa shape index (κ2) is 12.5. The molecule has 9 heteroatoms. The van der Waals surface area contributed by atoms with Gasteiger partial charge in [0.05, 0.1) is 21.7 Å². The van der Waals surface area contributed by atoms with Crippen LogP contribution in [0.1, 0.15) is 21.9 Å². The van der Waals surface area contributed by atoms with Crippen LogP contribution >= 0.6 is 0 Å². The number of nitrogens with one attached hydrogen (secondary N) is 2. The van der Waals surface area contributed by atoms with E-state index in [0.717, 1.165) is 22.3 Å².